The first-order valence-corrected chi connectivity index (χ1v) is 10.7. The Labute approximate surface area is 167 Å². The number of unbranched alkanes of at least 4 members (excludes halogenated alkanes) is 16. The number of rotatable bonds is 20. The molecule has 0 aromatic heterocycles. The molecule has 0 radical (unpaired) electrons. The summed E-state index contributed by atoms with van der Waals surface area (Å²) < 4.78 is 0. The number of hydrogen-bond donors (Lipinski definition) is 2. The summed E-state index contributed by atoms with van der Waals surface area (Å²) in [7, 11) is 1.30. The van der Waals surface area contributed by atoms with Crippen LogP contribution in [0.3, 0.4) is 0 Å². The molecule has 1 unspecified atom stereocenters. The molecule has 0 aromatic rings. The molecule has 0 aliphatic rings. The quantitative estimate of drug-likeness (QED) is 0.142. The highest BCUT2D eigenvalue weighted by Crippen LogP contribution is 2.14. The molecule has 0 aliphatic carbocycles. The Morgan fingerprint density at radius 2 is 0.923 bits per heavy atom. The molecule has 0 saturated heterocycles. The Bertz CT molecular complexity index is 266. The van der Waals surface area contributed by atoms with Crippen LogP contribution in [0, 0.1) is 0 Å². The van der Waals surface area contributed by atoms with E-state index in [0.717, 1.165) is 19.3 Å². The topological polar surface area (TPSA) is 58.9 Å². The molecule has 0 fully saturated rings. The molecule has 0 aromatic carbocycles. The fourth-order valence-corrected chi connectivity index (χ4v) is 3.20. The van der Waals surface area contributed by atoms with Gasteiger partial charge in [0.1, 0.15) is 12.1 Å². The lowest BCUT2D eigenvalue weighted by atomic mass is 10.0. The number of quaternary nitrogens is 1. The first kappa shape index (κ1) is 28.3. The molecule has 0 saturated carbocycles. The standard InChI is InChI=1S/C20H43NO4.ClH/c1-3-4-5-6-7-8-9-10-11-12-13-14-15-16-17-18-19-20-21(22,24-2)25-23;/h22H,3-20H2,1-2H3;1H. The number of halogens is 1. The van der Waals surface area contributed by atoms with Crippen molar-refractivity contribution in [3.8, 4) is 0 Å². The van der Waals surface area contributed by atoms with Crippen LogP contribution >= 0.6 is 0 Å². The van der Waals surface area contributed by atoms with Gasteiger partial charge in [-0.15, -0.1) is 10.0 Å². The highest BCUT2D eigenvalue weighted by molar-refractivity contribution is 4.50. The average Bonchev–Trinajstić information content (AvgIpc) is 2.64. The van der Waals surface area contributed by atoms with Crippen molar-refractivity contribution in [2.45, 2.75) is 116 Å². The summed E-state index contributed by atoms with van der Waals surface area (Å²) in [5, 5.41) is 18.0. The van der Waals surface area contributed by atoms with E-state index in [9.17, 15) is 5.21 Å². The Kier molecular flexibility index (Phi) is 23.3. The number of hydroxylamine groups is 3. The maximum absolute atomic E-state index is 9.50. The second-order valence-corrected chi connectivity index (χ2v) is 7.28. The minimum atomic E-state index is -1.18. The van der Waals surface area contributed by atoms with Crippen LogP contribution in [0.5, 0.6) is 0 Å². The monoisotopic (exact) mass is 397 g/mol. The van der Waals surface area contributed by atoms with Gasteiger partial charge in [0.15, 0.2) is 6.54 Å². The number of hydrogen-bond acceptors (Lipinski definition) is 4. The normalized spacial score (nSPS) is 13.4. The highest BCUT2D eigenvalue weighted by atomic mass is 35.5. The van der Waals surface area contributed by atoms with Crippen molar-refractivity contribution in [3.63, 3.8) is 0 Å². The molecule has 0 rings (SSSR count). The van der Waals surface area contributed by atoms with Crippen molar-refractivity contribution in [3.05, 3.63) is 0 Å². The van der Waals surface area contributed by atoms with Crippen molar-refractivity contribution in [2.24, 2.45) is 0 Å². The van der Waals surface area contributed by atoms with Gasteiger partial charge in [0, 0.05) is 11.4 Å². The van der Waals surface area contributed by atoms with Gasteiger partial charge in [0.2, 0.25) is 0 Å². The summed E-state index contributed by atoms with van der Waals surface area (Å²) in [4.78, 5) is 7.34. The highest BCUT2D eigenvalue weighted by Gasteiger charge is 2.28. The lowest BCUT2D eigenvalue weighted by Gasteiger charge is -2.17. The van der Waals surface area contributed by atoms with Gasteiger partial charge in [-0.2, -0.15) is 5.26 Å². The summed E-state index contributed by atoms with van der Waals surface area (Å²) in [5.41, 5.74) is 0. The third-order valence-corrected chi connectivity index (χ3v) is 4.96. The van der Waals surface area contributed by atoms with Crippen molar-refractivity contribution in [1.82, 2.24) is 0 Å². The van der Waals surface area contributed by atoms with E-state index < -0.39 is 4.97 Å². The van der Waals surface area contributed by atoms with E-state index in [1.54, 1.807) is 0 Å². The van der Waals surface area contributed by atoms with Gasteiger partial charge in [-0.1, -0.05) is 103 Å². The van der Waals surface area contributed by atoms with Gasteiger partial charge in [-0.25, -0.2) is 0 Å². The van der Waals surface area contributed by atoms with E-state index in [2.05, 4.69) is 16.7 Å². The van der Waals surface area contributed by atoms with Crippen molar-refractivity contribution in [2.75, 3.05) is 13.7 Å². The summed E-state index contributed by atoms with van der Waals surface area (Å²) in [5.74, 6) is 0. The van der Waals surface area contributed by atoms with Crippen LogP contribution in [0.4, 0.5) is 0 Å². The van der Waals surface area contributed by atoms with E-state index in [1.165, 1.54) is 97.0 Å². The lowest BCUT2D eigenvalue weighted by Crippen LogP contribution is -3.00. The molecule has 2 N–H and O–H groups in total. The zero-order valence-corrected chi connectivity index (χ0v) is 18.0. The van der Waals surface area contributed by atoms with Crippen LogP contribution in [-0.4, -0.2) is 29.1 Å². The molecule has 0 heterocycles. The van der Waals surface area contributed by atoms with E-state index >= 15 is 0 Å². The lowest BCUT2D eigenvalue weighted by molar-refractivity contribution is -1.39. The molecular formula is C20H44ClNO4. The predicted molar refractivity (Wildman–Crippen MR) is 102 cm³/mol. The maximum atomic E-state index is 9.50. The SMILES string of the molecule is CCCCCCCCCCCCCCCCCCC[N+](O)(OC)OO.[Cl-]. The van der Waals surface area contributed by atoms with Gasteiger partial charge in [-0.3, -0.25) is 0 Å². The van der Waals surface area contributed by atoms with Crippen LogP contribution in [0.25, 0.3) is 0 Å². The molecule has 1 atom stereocenters. The second kappa shape index (κ2) is 21.4. The molecule has 160 valence electrons. The fourth-order valence-electron chi connectivity index (χ4n) is 3.20. The molecule has 0 bridgehead atoms. The summed E-state index contributed by atoms with van der Waals surface area (Å²) in [6, 6.07) is 0. The van der Waals surface area contributed by atoms with Crippen LogP contribution in [0.2, 0.25) is 0 Å². The maximum Gasteiger partial charge on any atom is 0.181 e. The van der Waals surface area contributed by atoms with Crippen LogP contribution in [-0.2, 0) is 9.83 Å². The minimum Gasteiger partial charge on any atom is -1.00 e. The van der Waals surface area contributed by atoms with Crippen LogP contribution in [0.1, 0.15) is 116 Å². The van der Waals surface area contributed by atoms with Crippen LogP contribution in [0.15, 0.2) is 0 Å². The van der Waals surface area contributed by atoms with E-state index in [-0.39, 0.29) is 19.0 Å². The zero-order valence-electron chi connectivity index (χ0n) is 17.3. The Morgan fingerprint density at radius 3 is 1.19 bits per heavy atom. The van der Waals surface area contributed by atoms with Crippen molar-refractivity contribution >= 4 is 0 Å². The predicted octanol–water partition coefficient (Wildman–Crippen LogP) is 3.81. The largest absolute Gasteiger partial charge is 1.00 e. The van der Waals surface area contributed by atoms with Crippen LogP contribution < -0.4 is 12.4 Å². The van der Waals surface area contributed by atoms with Crippen molar-refractivity contribution < 1.29 is 37.7 Å². The van der Waals surface area contributed by atoms with Gasteiger partial charge in [-0.05, 0) is 6.42 Å². The molecule has 6 heteroatoms. The van der Waals surface area contributed by atoms with Gasteiger partial charge in [0.25, 0.3) is 0 Å². The van der Waals surface area contributed by atoms with Gasteiger partial charge in [0.05, 0.1) is 0 Å². The molecule has 0 amide bonds. The summed E-state index contributed by atoms with van der Waals surface area (Å²) in [6.45, 7) is 2.52. The van der Waals surface area contributed by atoms with Crippen molar-refractivity contribution in [1.29, 1.82) is 0 Å². The Balaban J connectivity index is 0. The summed E-state index contributed by atoms with van der Waals surface area (Å²) >= 11 is 0. The first-order valence-electron chi connectivity index (χ1n) is 10.7. The smallest absolute Gasteiger partial charge is 0.181 e. The molecule has 0 spiro atoms. The Hall–Kier alpha value is 0.0900. The van der Waals surface area contributed by atoms with Gasteiger partial charge < -0.3 is 12.4 Å². The van der Waals surface area contributed by atoms with Gasteiger partial charge >= 0.3 is 0 Å². The average molecular weight is 398 g/mol. The van der Waals surface area contributed by atoms with E-state index in [4.69, 9.17) is 5.26 Å². The van der Waals surface area contributed by atoms with E-state index in [0.29, 0.717) is 0 Å². The molecule has 26 heavy (non-hydrogen) atoms. The molecule has 5 nitrogen and oxygen atoms in total. The molecular weight excluding hydrogens is 354 g/mol. The Morgan fingerprint density at radius 1 is 0.615 bits per heavy atom. The minimum absolute atomic E-state index is 0. The second-order valence-electron chi connectivity index (χ2n) is 7.28. The fraction of sp³-hybridized carbons (Fsp3) is 1.00. The summed E-state index contributed by atoms with van der Waals surface area (Å²) in [6.07, 6.45) is 22.3. The zero-order chi connectivity index (χ0) is 18.6. The third-order valence-electron chi connectivity index (χ3n) is 4.96. The first-order chi connectivity index (χ1) is 12.2. The molecule has 0 aliphatic heterocycles. The van der Waals surface area contributed by atoms with E-state index in [1.807, 2.05) is 0 Å². The third kappa shape index (κ3) is 18.9. The number of nitrogens with zero attached hydrogens (tertiary/aromatic N) is 1.